The number of nitrogens with zero attached hydrogens (tertiary/aromatic N) is 3. The van der Waals surface area contributed by atoms with E-state index in [2.05, 4.69) is 20.4 Å². The Hall–Kier alpha value is -2.28. The average Bonchev–Trinajstić information content (AvgIpc) is 3.12. The lowest BCUT2D eigenvalue weighted by Gasteiger charge is -2.25. The molecule has 7 heteroatoms. The predicted molar refractivity (Wildman–Crippen MR) is 88.9 cm³/mol. The molecule has 1 fully saturated rings. The van der Waals surface area contributed by atoms with Gasteiger partial charge in [0, 0.05) is 26.2 Å². The van der Waals surface area contributed by atoms with Crippen LogP contribution in [-0.2, 0) is 6.42 Å². The summed E-state index contributed by atoms with van der Waals surface area (Å²) in [6.07, 6.45) is 0.819. The summed E-state index contributed by atoms with van der Waals surface area (Å²) in [6, 6.07) is 5.95. The first-order chi connectivity index (χ1) is 11.8. The Kier molecular flexibility index (Phi) is 4.25. The molecule has 1 unspecified atom stereocenters. The fourth-order valence-corrected chi connectivity index (χ4v) is 3.17. The zero-order chi connectivity index (χ0) is 16.4. The molecule has 3 heterocycles. The smallest absolute Gasteiger partial charge is 0.266 e. The van der Waals surface area contributed by atoms with Gasteiger partial charge in [-0.15, -0.1) is 0 Å². The van der Waals surface area contributed by atoms with E-state index in [0.717, 1.165) is 49.7 Å². The van der Waals surface area contributed by atoms with Gasteiger partial charge in [0.1, 0.15) is 18.1 Å². The number of hydrogen-bond donors (Lipinski definition) is 1. The van der Waals surface area contributed by atoms with Crippen LogP contribution in [0.4, 0.5) is 5.95 Å². The van der Waals surface area contributed by atoms with E-state index in [1.54, 1.807) is 0 Å². The van der Waals surface area contributed by atoms with Gasteiger partial charge in [-0.3, -0.25) is 0 Å². The lowest BCUT2D eigenvalue weighted by Crippen LogP contribution is -2.44. The van der Waals surface area contributed by atoms with Gasteiger partial charge in [0.15, 0.2) is 0 Å². The lowest BCUT2D eigenvalue weighted by atomic mass is 9.96. The minimum atomic E-state index is 0.0820. The fourth-order valence-electron chi connectivity index (χ4n) is 3.17. The largest absolute Gasteiger partial charge is 0.494 e. The highest BCUT2D eigenvalue weighted by Crippen LogP contribution is 2.34. The van der Waals surface area contributed by atoms with Gasteiger partial charge in [0.2, 0.25) is 5.89 Å². The van der Waals surface area contributed by atoms with Gasteiger partial charge < -0.3 is 24.2 Å². The topological polar surface area (TPSA) is 72.7 Å². The van der Waals surface area contributed by atoms with Crippen LogP contribution in [-0.4, -0.2) is 49.5 Å². The van der Waals surface area contributed by atoms with Crippen molar-refractivity contribution in [2.45, 2.75) is 19.3 Å². The molecule has 0 amide bonds. The first kappa shape index (κ1) is 15.3. The number of fused-ring (bicyclic) bond motifs is 1. The van der Waals surface area contributed by atoms with E-state index in [4.69, 9.17) is 14.0 Å². The fraction of sp³-hybridized carbons (Fsp3) is 0.529. The molecule has 7 nitrogen and oxygen atoms in total. The summed E-state index contributed by atoms with van der Waals surface area (Å²) >= 11 is 0. The van der Waals surface area contributed by atoms with Gasteiger partial charge in [0.05, 0.1) is 12.5 Å². The highest BCUT2D eigenvalue weighted by atomic mass is 16.5. The molecule has 0 bridgehead atoms. The summed E-state index contributed by atoms with van der Waals surface area (Å²) in [5.41, 5.74) is 1.12. The first-order valence-corrected chi connectivity index (χ1v) is 8.51. The summed E-state index contributed by atoms with van der Waals surface area (Å²) in [5, 5.41) is 7.47. The van der Waals surface area contributed by atoms with E-state index in [0.29, 0.717) is 25.1 Å². The molecule has 2 aliphatic heterocycles. The zero-order valence-electron chi connectivity index (χ0n) is 13.8. The van der Waals surface area contributed by atoms with Gasteiger partial charge in [-0.1, -0.05) is 0 Å². The van der Waals surface area contributed by atoms with Crippen LogP contribution in [0, 0.1) is 0 Å². The molecule has 2 aliphatic rings. The van der Waals surface area contributed by atoms with Crippen molar-refractivity contribution in [2.75, 3.05) is 44.3 Å². The number of hydrogen-bond acceptors (Lipinski definition) is 7. The van der Waals surface area contributed by atoms with Crippen molar-refractivity contribution >= 4 is 5.95 Å². The van der Waals surface area contributed by atoms with Gasteiger partial charge in [-0.05, 0) is 42.3 Å². The van der Waals surface area contributed by atoms with Crippen molar-refractivity contribution in [3.8, 4) is 11.5 Å². The zero-order valence-corrected chi connectivity index (χ0v) is 13.8. The summed E-state index contributed by atoms with van der Waals surface area (Å²) in [6.45, 7) is 6.90. The number of nitrogens with one attached hydrogen (secondary N) is 1. The molecular formula is C17H22N4O3. The van der Waals surface area contributed by atoms with Crippen LogP contribution in [0.25, 0.3) is 0 Å². The van der Waals surface area contributed by atoms with Crippen molar-refractivity contribution in [3.63, 3.8) is 0 Å². The third kappa shape index (κ3) is 3.03. The first-order valence-electron chi connectivity index (χ1n) is 8.51. The molecule has 1 saturated heterocycles. The highest BCUT2D eigenvalue weighted by Gasteiger charge is 2.28. The molecule has 1 aromatic heterocycles. The predicted octanol–water partition coefficient (Wildman–Crippen LogP) is 1.60. The SMILES string of the molecule is CCOc1ccc2c(c1)CC(c1nc(N3CCNCC3)no1)CO2. The van der Waals surface area contributed by atoms with Crippen LogP contribution in [0.2, 0.25) is 0 Å². The van der Waals surface area contributed by atoms with Crippen LogP contribution in [0.5, 0.6) is 11.5 Å². The second kappa shape index (κ2) is 6.68. The van der Waals surface area contributed by atoms with Gasteiger partial charge >= 0.3 is 0 Å². The van der Waals surface area contributed by atoms with Crippen molar-refractivity contribution < 1.29 is 14.0 Å². The van der Waals surface area contributed by atoms with Crippen molar-refractivity contribution in [2.24, 2.45) is 0 Å². The summed E-state index contributed by atoms with van der Waals surface area (Å²) in [7, 11) is 0. The molecule has 0 spiro atoms. The van der Waals surface area contributed by atoms with Crippen LogP contribution in [0.3, 0.4) is 0 Å². The molecule has 1 atom stereocenters. The molecule has 2 aromatic rings. The number of piperazine rings is 1. The Bertz CT molecular complexity index is 697. The van der Waals surface area contributed by atoms with E-state index in [9.17, 15) is 0 Å². The minimum Gasteiger partial charge on any atom is -0.494 e. The molecule has 0 saturated carbocycles. The van der Waals surface area contributed by atoms with Gasteiger partial charge in [-0.2, -0.15) is 4.98 Å². The minimum absolute atomic E-state index is 0.0820. The molecule has 4 rings (SSSR count). The van der Waals surface area contributed by atoms with E-state index >= 15 is 0 Å². The normalized spacial score (nSPS) is 20.4. The second-order valence-corrected chi connectivity index (χ2v) is 6.08. The monoisotopic (exact) mass is 330 g/mol. The second-order valence-electron chi connectivity index (χ2n) is 6.08. The van der Waals surface area contributed by atoms with E-state index in [-0.39, 0.29) is 5.92 Å². The van der Waals surface area contributed by atoms with Gasteiger partial charge in [-0.25, -0.2) is 0 Å². The maximum absolute atomic E-state index is 5.87. The maximum atomic E-state index is 5.87. The number of rotatable bonds is 4. The average molecular weight is 330 g/mol. The number of ether oxygens (including phenoxy) is 2. The highest BCUT2D eigenvalue weighted by molar-refractivity contribution is 5.42. The molecule has 0 radical (unpaired) electrons. The summed E-state index contributed by atoms with van der Waals surface area (Å²) in [5.74, 6) is 3.19. The number of aromatic nitrogens is 2. The third-order valence-corrected chi connectivity index (χ3v) is 4.43. The van der Waals surface area contributed by atoms with Crippen LogP contribution in [0.1, 0.15) is 24.3 Å². The standard InChI is InChI=1S/C17H22N4O3/c1-2-22-14-3-4-15-12(10-14)9-13(11-23-15)16-19-17(20-24-16)21-7-5-18-6-8-21/h3-4,10,13,18H,2,5-9,11H2,1H3. The Labute approximate surface area is 140 Å². The number of anilines is 1. The van der Waals surface area contributed by atoms with Crippen LogP contribution < -0.4 is 19.7 Å². The quantitative estimate of drug-likeness (QED) is 0.913. The Morgan fingerprint density at radius 3 is 3.04 bits per heavy atom. The Morgan fingerprint density at radius 1 is 1.33 bits per heavy atom. The van der Waals surface area contributed by atoms with E-state index in [1.165, 1.54) is 0 Å². The van der Waals surface area contributed by atoms with Crippen molar-refractivity contribution in [3.05, 3.63) is 29.7 Å². The molecular weight excluding hydrogens is 308 g/mol. The van der Waals surface area contributed by atoms with Gasteiger partial charge in [0.25, 0.3) is 5.95 Å². The third-order valence-electron chi connectivity index (χ3n) is 4.43. The van der Waals surface area contributed by atoms with E-state index < -0.39 is 0 Å². The van der Waals surface area contributed by atoms with Crippen LogP contribution >= 0.6 is 0 Å². The maximum Gasteiger partial charge on any atom is 0.266 e. The van der Waals surface area contributed by atoms with Crippen molar-refractivity contribution in [1.82, 2.24) is 15.5 Å². The van der Waals surface area contributed by atoms with E-state index in [1.807, 2.05) is 25.1 Å². The van der Waals surface area contributed by atoms with Crippen LogP contribution in [0.15, 0.2) is 22.7 Å². The number of benzene rings is 1. The summed E-state index contributed by atoms with van der Waals surface area (Å²) in [4.78, 5) is 6.75. The molecule has 1 N–H and O–H groups in total. The molecule has 0 aliphatic carbocycles. The molecule has 1 aromatic carbocycles. The molecule has 128 valence electrons. The lowest BCUT2D eigenvalue weighted by molar-refractivity contribution is 0.229. The Balaban J connectivity index is 1.49. The summed E-state index contributed by atoms with van der Waals surface area (Å²) < 4.78 is 17.0. The molecule has 24 heavy (non-hydrogen) atoms. The van der Waals surface area contributed by atoms with Crippen molar-refractivity contribution in [1.29, 1.82) is 0 Å². The Morgan fingerprint density at radius 2 is 2.21 bits per heavy atom.